The van der Waals surface area contributed by atoms with Gasteiger partial charge >= 0.3 is 0 Å². The van der Waals surface area contributed by atoms with Gasteiger partial charge in [0.25, 0.3) is 5.91 Å². The number of pyridine rings is 1. The van der Waals surface area contributed by atoms with Crippen LogP contribution < -0.4 is 0 Å². The summed E-state index contributed by atoms with van der Waals surface area (Å²) in [4.78, 5) is 20.3. The third-order valence-electron chi connectivity index (χ3n) is 5.83. The first-order valence-corrected chi connectivity index (χ1v) is 10.3. The molecule has 2 aliphatic rings. The van der Waals surface area contributed by atoms with E-state index in [1.807, 2.05) is 18.3 Å². The van der Waals surface area contributed by atoms with Crippen LogP contribution in [0.5, 0.6) is 0 Å². The van der Waals surface area contributed by atoms with Gasteiger partial charge in [0, 0.05) is 35.9 Å². The van der Waals surface area contributed by atoms with Crippen LogP contribution in [0.15, 0.2) is 48.8 Å². The van der Waals surface area contributed by atoms with Crippen LogP contribution in [0, 0.1) is 0 Å². The zero-order valence-electron chi connectivity index (χ0n) is 15.2. The van der Waals surface area contributed by atoms with Gasteiger partial charge in [-0.2, -0.15) is 0 Å². The van der Waals surface area contributed by atoms with Crippen LogP contribution in [-0.2, 0) is 0 Å². The van der Waals surface area contributed by atoms with Gasteiger partial charge in [0.05, 0.1) is 15.6 Å². The van der Waals surface area contributed by atoms with Gasteiger partial charge in [-0.25, -0.2) is 4.98 Å². The Balaban J connectivity index is 1.63. The van der Waals surface area contributed by atoms with Crippen LogP contribution >= 0.6 is 23.2 Å². The number of benzene rings is 1. The molecule has 0 saturated carbocycles. The van der Waals surface area contributed by atoms with Gasteiger partial charge < -0.3 is 0 Å². The summed E-state index contributed by atoms with van der Waals surface area (Å²) in [5.74, 6) is -0.260. The molecule has 0 aliphatic carbocycles. The molecule has 2 aliphatic heterocycles. The molecule has 1 saturated heterocycles. The molecule has 0 amide bonds. The lowest BCUT2D eigenvalue weighted by molar-refractivity contribution is 0.0964. The molecule has 1 aromatic carbocycles. The molecule has 0 bridgehead atoms. The topological polar surface area (TPSA) is 38.1 Å². The summed E-state index contributed by atoms with van der Waals surface area (Å²) in [7, 11) is 0. The third-order valence-corrected chi connectivity index (χ3v) is 6.46. The van der Waals surface area contributed by atoms with E-state index in [0.29, 0.717) is 27.3 Å². The lowest BCUT2D eigenvalue weighted by atomic mass is 9.94. The Labute approximate surface area is 173 Å². The van der Waals surface area contributed by atoms with Crippen molar-refractivity contribution in [2.45, 2.75) is 25.3 Å². The van der Waals surface area contributed by atoms with E-state index in [1.165, 1.54) is 25.0 Å². The maximum absolute atomic E-state index is 13.3. The summed E-state index contributed by atoms with van der Waals surface area (Å²) in [5.41, 5.74) is 3.30. The molecule has 0 radical (unpaired) electrons. The Morgan fingerprint density at radius 2 is 1.96 bits per heavy atom. The summed E-state index contributed by atoms with van der Waals surface area (Å²) in [6.45, 7) is 2.15. The molecule has 2 aromatic heterocycles. The van der Waals surface area contributed by atoms with Crippen molar-refractivity contribution in [1.82, 2.24) is 14.5 Å². The lowest BCUT2D eigenvalue weighted by Gasteiger charge is -2.29. The highest BCUT2D eigenvalue weighted by atomic mass is 35.5. The zero-order chi connectivity index (χ0) is 19.3. The Morgan fingerprint density at radius 3 is 2.79 bits per heavy atom. The number of rotatable bonds is 2. The van der Waals surface area contributed by atoms with Crippen molar-refractivity contribution in [3.8, 4) is 0 Å². The van der Waals surface area contributed by atoms with Crippen LogP contribution in [0.2, 0.25) is 10.0 Å². The molecule has 3 aromatic rings. The fourth-order valence-electron chi connectivity index (χ4n) is 4.44. The molecule has 5 rings (SSSR count). The molecule has 4 nitrogen and oxygen atoms in total. The Hall–Kier alpha value is -2.14. The van der Waals surface area contributed by atoms with Crippen LogP contribution in [0.1, 0.15) is 35.2 Å². The first-order valence-electron chi connectivity index (χ1n) is 9.51. The van der Waals surface area contributed by atoms with E-state index in [2.05, 4.69) is 16.0 Å². The van der Waals surface area contributed by atoms with Crippen molar-refractivity contribution in [3.05, 3.63) is 70.0 Å². The van der Waals surface area contributed by atoms with Crippen molar-refractivity contribution in [2.24, 2.45) is 0 Å². The molecule has 4 heterocycles. The highest BCUT2D eigenvalue weighted by molar-refractivity contribution is 6.40. The van der Waals surface area contributed by atoms with Crippen molar-refractivity contribution in [2.75, 3.05) is 13.1 Å². The average molecular weight is 412 g/mol. The summed E-state index contributed by atoms with van der Waals surface area (Å²) in [5, 5.41) is 1.67. The Bertz CT molecular complexity index is 1100. The number of fused-ring (bicyclic) bond motifs is 2. The molecule has 142 valence electrons. The quantitative estimate of drug-likeness (QED) is 0.575. The first-order chi connectivity index (χ1) is 13.6. The highest BCUT2D eigenvalue weighted by Crippen LogP contribution is 2.36. The number of nitrogens with zero attached hydrogens (tertiary/aromatic N) is 3. The standard InChI is InChI=1S/C22H19Cl2N3O/c23-18-6-1-7-19(24)20(18)22(28)27-13-17(16-5-2-9-25-21(16)27)14-8-11-26-10-3-4-15(26)12-14/h1-2,5-9,13,15H,3-4,10-12H2. The van der Waals surface area contributed by atoms with E-state index in [-0.39, 0.29) is 5.91 Å². The fraction of sp³-hybridized carbons (Fsp3) is 0.273. The van der Waals surface area contributed by atoms with E-state index >= 15 is 0 Å². The minimum atomic E-state index is -0.260. The number of carbonyl (C=O) groups is 1. The molecule has 0 N–H and O–H groups in total. The Kier molecular flexibility index (Phi) is 4.50. The van der Waals surface area contributed by atoms with E-state index in [9.17, 15) is 4.79 Å². The molecule has 28 heavy (non-hydrogen) atoms. The molecular formula is C22H19Cl2N3O. The van der Waals surface area contributed by atoms with E-state index in [0.717, 1.165) is 23.9 Å². The van der Waals surface area contributed by atoms with Crippen LogP contribution in [0.3, 0.4) is 0 Å². The van der Waals surface area contributed by atoms with Crippen LogP contribution in [0.4, 0.5) is 0 Å². The largest absolute Gasteiger partial charge is 0.296 e. The molecular weight excluding hydrogens is 393 g/mol. The number of carbonyl (C=O) groups excluding carboxylic acids is 1. The average Bonchev–Trinajstić information content (AvgIpc) is 3.31. The van der Waals surface area contributed by atoms with Crippen molar-refractivity contribution >= 4 is 45.7 Å². The summed E-state index contributed by atoms with van der Waals surface area (Å²) in [6.07, 6.45) is 9.41. The van der Waals surface area contributed by atoms with Gasteiger partial charge in [-0.15, -0.1) is 0 Å². The molecule has 1 unspecified atom stereocenters. The summed E-state index contributed by atoms with van der Waals surface area (Å²) in [6, 6.07) is 9.63. The monoisotopic (exact) mass is 411 g/mol. The lowest BCUT2D eigenvalue weighted by Crippen LogP contribution is -2.32. The minimum absolute atomic E-state index is 0.260. The SMILES string of the molecule is O=C(c1c(Cl)cccc1Cl)n1cc(C2=CCN3CCCC3C2)c2cccnc21. The van der Waals surface area contributed by atoms with Gasteiger partial charge in [-0.05, 0) is 55.6 Å². The predicted molar refractivity (Wildman–Crippen MR) is 113 cm³/mol. The van der Waals surface area contributed by atoms with Crippen molar-refractivity contribution < 1.29 is 4.79 Å². The summed E-state index contributed by atoms with van der Waals surface area (Å²) >= 11 is 12.6. The van der Waals surface area contributed by atoms with E-state index < -0.39 is 0 Å². The zero-order valence-corrected chi connectivity index (χ0v) is 16.7. The third kappa shape index (κ3) is 2.87. The second-order valence-electron chi connectivity index (χ2n) is 7.41. The first kappa shape index (κ1) is 17.9. The molecule has 1 atom stereocenters. The highest BCUT2D eigenvalue weighted by Gasteiger charge is 2.30. The normalized spacial score (nSPS) is 19.6. The van der Waals surface area contributed by atoms with Gasteiger partial charge in [-0.3, -0.25) is 14.3 Å². The van der Waals surface area contributed by atoms with E-state index in [1.54, 1.807) is 29.0 Å². The van der Waals surface area contributed by atoms with Gasteiger partial charge in [0.1, 0.15) is 5.65 Å². The van der Waals surface area contributed by atoms with Crippen LogP contribution in [0.25, 0.3) is 16.6 Å². The predicted octanol–water partition coefficient (Wildman–Crippen LogP) is 5.28. The molecule has 0 spiro atoms. The second-order valence-corrected chi connectivity index (χ2v) is 8.23. The number of halogens is 2. The smallest absolute Gasteiger partial charge is 0.266 e. The molecule has 1 fully saturated rings. The summed E-state index contributed by atoms with van der Waals surface area (Å²) < 4.78 is 1.58. The van der Waals surface area contributed by atoms with Gasteiger partial charge in [0.2, 0.25) is 0 Å². The van der Waals surface area contributed by atoms with E-state index in [4.69, 9.17) is 23.2 Å². The van der Waals surface area contributed by atoms with Gasteiger partial charge in [-0.1, -0.05) is 35.3 Å². The fourth-order valence-corrected chi connectivity index (χ4v) is 5.00. The second kappa shape index (κ2) is 7.03. The van der Waals surface area contributed by atoms with Gasteiger partial charge in [0.15, 0.2) is 0 Å². The van der Waals surface area contributed by atoms with Crippen molar-refractivity contribution in [3.63, 3.8) is 0 Å². The number of hydrogen-bond acceptors (Lipinski definition) is 3. The molecule has 6 heteroatoms. The van der Waals surface area contributed by atoms with Crippen molar-refractivity contribution in [1.29, 1.82) is 0 Å². The number of aromatic nitrogens is 2. The number of hydrogen-bond donors (Lipinski definition) is 0. The maximum Gasteiger partial charge on any atom is 0.266 e. The van der Waals surface area contributed by atoms with Crippen LogP contribution in [-0.4, -0.2) is 39.5 Å². The maximum atomic E-state index is 13.3. The minimum Gasteiger partial charge on any atom is -0.296 e. The Morgan fingerprint density at radius 1 is 1.14 bits per heavy atom.